The van der Waals surface area contributed by atoms with Gasteiger partial charge in [-0.05, 0) is 36.1 Å². The molecule has 0 fully saturated rings. The summed E-state index contributed by atoms with van der Waals surface area (Å²) in [6.07, 6.45) is -0.794. The van der Waals surface area contributed by atoms with Crippen LogP contribution in [0.15, 0.2) is 30.3 Å². The number of imide groups is 1. The van der Waals surface area contributed by atoms with Crippen LogP contribution < -0.4 is 10.6 Å². The lowest BCUT2D eigenvalue weighted by Crippen LogP contribution is -2.49. The quantitative estimate of drug-likeness (QED) is 0.149. The Balaban J connectivity index is 1.89. The van der Waals surface area contributed by atoms with E-state index in [0.717, 1.165) is 6.07 Å². The van der Waals surface area contributed by atoms with Crippen molar-refractivity contribution in [2.45, 2.75) is 46.6 Å². The second kappa shape index (κ2) is 12.3. The molecule has 0 bridgehead atoms. The second-order valence-electron chi connectivity index (χ2n) is 11.0. The smallest absolute Gasteiger partial charge is 0.270 e. The Morgan fingerprint density at radius 3 is 2.23 bits per heavy atom. The highest BCUT2D eigenvalue weighted by Crippen LogP contribution is 2.46. The predicted octanol–water partition coefficient (Wildman–Crippen LogP) is 3.51. The van der Waals surface area contributed by atoms with Crippen LogP contribution in [0.3, 0.4) is 0 Å². The van der Waals surface area contributed by atoms with Gasteiger partial charge in [-0.15, -0.1) is 0 Å². The van der Waals surface area contributed by atoms with Gasteiger partial charge in [-0.2, -0.15) is 0 Å². The normalized spacial score (nSPS) is 16.1. The molecular formula is C27H35N4O8P. The van der Waals surface area contributed by atoms with E-state index >= 15 is 0 Å². The van der Waals surface area contributed by atoms with E-state index in [9.17, 15) is 38.8 Å². The molecule has 2 unspecified atom stereocenters. The third-order valence-electron chi connectivity index (χ3n) is 6.70. The Morgan fingerprint density at radius 2 is 1.65 bits per heavy atom. The first-order chi connectivity index (χ1) is 18.6. The third-order valence-corrected chi connectivity index (χ3v) is 8.44. The van der Waals surface area contributed by atoms with Gasteiger partial charge in [0.15, 0.2) is 0 Å². The molecule has 3 atom stereocenters. The Hall–Kier alpha value is -3.63. The number of non-ortho nitro benzene ring substituents is 1. The molecule has 0 spiro atoms. The van der Waals surface area contributed by atoms with E-state index < -0.39 is 54.4 Å². The highest BCUT2D eigenvalue weighted by atomic mass is 31.2. The molecule has 0 radical (unpaired) electrons. The van der Waals surface area contributed by atoms with E-state index in [1.807, 2.05) is 27.7 Å². The Kier molecular flexibility index (Phi) is 9.48. The predicted molar refractivity (Wildman–Crippen MR) is 149 cm³/mol. The maximum Gasteiger partial charge on any atom is 0.270 e. The molecule has 12 nitrogen and oxygen atoms in total. The van der Waals surface area contributed by atoms with Crippen LogP contribution in [0.2, 0.25) is 0 Å². The summed E-state index contributed by atoms with van der Waals surface area (Å²) in [4.78, 5) is 74.6. The fourth-order valence-electron chi connectivity index (χ4n) is 5.00. The molecule has 13 heteroatoms. The van der Waals surface area contributed by atoms with Crippen LogP contribution in [0, 0.1) is 27.9 Å². The van der Waals surface area contributed by atoms with Gasteiger partial charge in [0.25, 0.3) is 17.5 Å². The van der Waals surface area contributed by atoms with Crippen LogP contribution in [0.5, 0.6) is 0 Å². The maximum atomic E-state index is 13.5. The number of hydrogen-bond donors (Lipinski definition) is 3. The minimum atomic E-state index is -4.33. The van der Waals surface area contributed by atoms with E-state index in [1.54, 1.807) is 6.07 Å². The summed E-state index contributed by atoms with van der Waals surface area (Å²) >= 11 is 0. The number of nitro groups is 1. The first-order valence-electron chi connectivity index (χ1n) is 13.0. The summed E-state index contributed by atoms with van der Waals surface area (Å²) in [6.45, 7) is 7.48. The van der Waals surface area contributed by atoms with Crippen molar-refractivity contribution in [3.05, 3.63) is 51.6 Å². The average Bonchev–Trinajstić information content (AvgIpc) is 2.87. The third kappa shape index (κ3) is 6.92. The molecule has 216 valence electrons. The molecule has 40 heavy (non-hydrogen) atoms. The van der Waals surface area contributed by atoms with Gasteiger partial charge in [-0.25, -0.2) is 0 Å². The number of hydrogen-bond acceptors (Lipinski definition) is 7. The number of amides is 4. The summed E-state index contributed by atoms with van der Waals surface area (Å²) in [6, 6.07) is 5.99. The largest absolute Gasteiger partial charge is 0.357 e. The molecule has 3 rings (SSSR count). The van der Waals surface area contributed by atoms with E-state index in [0.29, 0.717) is 16.7 Å². The van der Waals surface area contributed by atoms with Gasteiger partial charge in [0.05, 0.1) is 10.5 Å². The van der Waals surface area contributed by atoms with Crippen molar-refractivity contribution >= 4 is 47.5 Å². The molecule has 1 aliphatic heterocycles. The van der Waals surface area contributed by atoms with Gasteiger partial charge >= 0.3 is 0 Å². The number of nitro benzene ring substituents is 1. The zero-order valence-electron chi connectivity index (χ0n) is 23.2. The monoisotopic (exact) mass is 574 g/mol. The summed E-state index contributed by atoms with van der Waals surface area (Å²) in [5.41, 5.74) is -0.381. The number of benzene rings is 2. The highest BCUT2D eigenvalue weighted by molar-refractivity contribution is 7.58. The van der Waals surface area contributed by atoms with Gasteiger partial charge in [-0.1, -0.05) is 39.8 Å². The fourth-order valence-corrected chi connectivity index (χ4v) is 6.82. The van der Waals surface area contributed by atoms with E-state index in [1.165, 1.54) is 25.2 Å². The molecule has 3 N–H and O–H groups in total. The second-order valence-corrected chi connectivity index (χ2v) is 13.3. The molecular weight excluding hydrogens is 539 g/mol. The molecule has 0 aromatic heterocycles. The van der Waals surface area contributed by atoms with Crippen molar-refractivity contribution in [3.8, 4) is 0 Å². The van der Waals surface area contributed by atoms with Crippen LogP contribution >= 0.6 is 7.37 Å². The van der Waals surface area contributed by atoms with Crippen molar-refractivity contribution in [1.29, 1.82) is 0 Å². The number of carbonyl (C=O) groups excluding carboxylic acids is 4. The lowest BCUT2D eigenvalue weighted by atomic mass is 9.94. The molecule has 0 saturated heterocycles. The summed E-state index contributed by atoms with van der Waals surface area (Å²) in [5, 5.41) is 17.2. The van der Waals surface area contributed by atoms with Crippen LogP contribution in [-0.2, 0) is 14.2 Å². The van der Waals surface area contributed by atoms with E-state index in [4.69, 9.17) is 0 Å². The number of carbonyl (C=O) groups is 4. The maximum absolute atomic E-state index is 13.5. The Bertz CT molecular complexity index is 1410. The van der Waals surface area contributed by atoms with Crippen molar-refractivity contribution in [2.75, 3.05) is 19.5 Å². The lowest BCUT2D eigenvalue weighted by molar-refractivity contribution is -0.384. The van der Waals surface area contributed by atoms with Crippen molar-refractivity contribution < 1.29 is 33.6 Å². The topological polar surface area (TPSA) is 176 Å². The number of nitrogens with one attached hydrogen (secondary N) is 2. The molecule has 4 amide bonds. The first kappa shape index (κ1) is 30.9. The number of likely N-dealkylation sites (N-methyl/N-ethyl adjacent to an activating group) is 1. The van der Waals surface area contributed by atoms with Crippen LogP contribution in [0.25, 0.3) is 10.8 Å². The highest BCUT2D eigenvalue weighted by Gasteiger charge is 2.40. The molecule has 2 aromatic carbocycles. The Labute approximate surface area is 232 Å². The summed E-state index contributed by atoms with van der Waals surface area (Å²) in [7, 11) is -2.88. The standard InChI is InChI=1S/C27H35N4O8P/c1-15(2)9-18(24(32)29-22(10-16(3)4)25(33)28-5)13-40(38,39)14-30-26(34)20-8-6-7-17-11-19(31(36)37)12-21(23(17)20)27(30)35/h6-8,11-12,15-16,18,22H,9-10,13-14H2,1-5H3,(H,28,33)(H,29,32)(H,38,39)/t18?,22-/m0/s1. The van der Waals surface area contributed by atoms with Crippen LogP contribution in [0.4, 0.5) is 5.69 Å². The van der Waals surface area contributed by atoms with Gasteiger partial charge in [0, 0.05) is 42.2 Å². The fraction of sp³-hybridized carbons (Fsp3) is 0.481. The van der Waals surface area contributed by atoms with Crippen LogP contribution in [-0.4, -0.2) is 63.9 Å². The van der Waals surface area contributed by atoms with Gasteiger partial charge in [0.1, 0.15) is 12.3 Å². The van der Waals surface area contributed by atoms with Gasteiger partial charge < -0.3 is 15.5 Å². The van der Waals surface area contributed by atoms with E-state index in [-0.39, 0.29) is 46.4 Å². The average molecular weight is 575 g/mol. The summed E-state index contributed by atoms with van der Waals surface area (Å²) in [5.74, 6) is -3.59. The molecule has 1 heterocycles. The molecule has 0 aliphatic carbocycles. The van der Waals surface area contributed by atoms with Gasteiger partial charge in [-0.3, -0.25) is 38.8 Å². The molecule has 0 saturated carbocycles. The van der Waals surface area contributed by atoms with Crippen molar-refractivity contribution in [2.24, 2.45) is 17.8 Å². The van der Waals surface area contributed by atoms with Crippen LogP contribution in [0.1, 0.15) is 61.3 Å². The SMILES string of the molecule is CNC(=O)[C@H](CC(C)C)NC(=O)C(CC(C)C)CP(=O)(O)CN1C(=O)c2cccc3cc([N+](=O)[O-])cc(c23)C1=O. The molecule has 2 aromatic rings. The first-order valence-corrected chi connectivity index (χ1v) is 15.1. The van der Waals surface area contributed by atoms with Crippen molar-refractivity contribution in [1.82, 2.24) is 15.5 Å². The van der Waals surface area contributed by atoms with Gasteiger partial charge in [0.2, 0.25) is 19.2 Å². The molecule has 1 aliphatic rings. The minimum Gasteiger partial charge on any atom is -0.357 e. The number of rotatable bonds is 12. The Morgan fingerprint density at radius 1 is 1.02 bits per heavy atom. The minimum absolute atomic E-state index is 0.0393. The lowest BCUT2D eigenvalue weighted by Gasteiger charge is -2.30. The zero-order valence-corrected chi connectivity index (χ0v) is 24.1. The zero-order chi connectivity index (χ0) is 29.9. The number of nitrogens with zero attached hydrogens (tertiary/aromatic N) is 2. The van der Waals surface area contributed by atoms with Crippen molar-refractivity contribution in [3.63, 3.8) is 0 Å². The van der Waals surface area contributed by atoms with E-state index in [2.05, 4.69) is 10.6 Å². The summed E-state index contributed by atoms with van der Waals surface area (Å²) < 4.78 is 13.5.